The van der Waals surface area contributed by atoms with Crippen LogP contribution in [0.25, 0.3) is 0 Å². The molecular formula is C16H24N2O2S. The van der Waals surface area contributed by atoms with Crippen molar-refractivity contribution >= 4 is 23.1 Å². The van der Waals surface area contributed by atoms with Crippen LogP contribution < -0.4 is 15.8 Å². The Balaban J connectivity index is 2.37. The molecule has 0 spiro atoms. The van der Waals surface area contributed by atoms with Crippen LogP contribution in [0.4, 0.5) is 0 Å². The first-order chi connectivity index (χ1) is 9.92. The zero-order valence-corrected chi connectivity index (χ0v) is 13.7. The molecule has 0 aliphatic carbocycles. The number of nitrogens with two attached hydrogens (primary N) is 1. The molecule has 0 aliphatic heterocycles. The third-order valence-corrected chi connectivity index (χ3v) is 3.60. The van der Waals surface area contributed by atoms with Crippen LogP contribution in [0.5, 0.6) is 5.75 Å². The fraction of sp³-hybridized carbons (Fsp3) is 0.500. The largest absolute Gasteiger partial charge is 0.484 e. The molecule has 3 N–H and O–H groups in total. The summed E-state index contributed by atoms with van der Waals surface area (Å²) in [7, 11) is 0. The molecule has 5 heteroatoms. The number of rotatable bonds is 8. The van der Waals surface area contributed by atoms with Crippen molar-refractivity contribution in [2.45, 2.75) is 39.7 Å². The Morgan fingerprint density at radius 3 is 2.48 bits per heavy atom. The summed E-state index contributed by atoms with van der Waals surface area (Å²) >= 11 is 4.88. The van der Waals surface area contributed by atoms with E-state index in [9.17, 15) is 4.79 Å². The maximum absolute atomic E-state index is 11.8. The summed E-state index contributed by atoms with van der Waals surface area (Å²) in [6, 6.07) is 7.23. The van der Waals surface area contributed by atoms with Gasteiger partial charge in [-0.15, -0.1) is 0 Å². The average molecular weight is 308 g/mol. The molecule has 0 radical (unpaired) electrons. The molecule has 21 heavy (non-hydrogen) atoms. The zero-order chi connectivity index (χ0) is 15.8. The number of carbonyl (C=O) groups excluding carboxylic acids is 1. The van der Waals surface area contributed by atoms with Gasteiger partial charge in [-0.25, -0.2) is 0 Å². The lowest BCUT2D eigenvalue weighted by molar-refractivity contribution is -0.123. The fourth-order valence-corrected chi connectivity index (χ4v) is 2.15. The fourth-order valence-electron chi connectivity index (χ4n) is 2.01. The molecule has 0 heterocycles. The number of hydrogen-bond acceptors (Lipinski definition) is 3. The summed E-state index contributed by atoms with van der Waals surface area (Å²) < 4.78 is 5.44. The van der Waals surface area contributed by atoms with Crippen LogP contribution in [-0.4, -0.2) is 23.5 Å². The monoisotopic (exact) mass is 308 g/mol. The van der Waals surface area contributed by atoms with Crippen molar-refractivity contribution in [1.29, 1.82) is 0 Å². The van der Waals surface area contributed by atoms with E-state index in [0.29, 0.717) is 16.7 Å². The molecule has 0 fully saturated rings. The minimum absolute atomic E-state index is 0.0112. The summed E-state index contributed by atoms with van der Waals surface area (Å²) in [4.78, 5) is 12.1. The standard InChI is InChI=1S/C16H24N2O2S/c1-4-11(2)9-12(3)18-15(19)10-20-14-7-5-13(6-8-14)16(17)21/h5-8,11-12H,4,9-10H2,1-3H3,(H2,17,21)(H,18,19). The van der Waals surface area contributed by atoms with E-state index in [0.717, 1.165) is 18.4 Å². The zero-order valence-electron chi connectivity index (χ0n) is 12.9. The molecule has 0 aliphatic rings. The Morgan fingerprint density at radius 2 is 1.95 bits per heavy atom. The van der Waals surface area contributed by atoms with Crippen molar-refractivity contribution in [3.05, 3.63) is 29.8 Å². The van der Waals surface area contributed by atoms with Crippen molar-refractivity contribution in [1.82, 2.24) is 5.32 Å². The van der Waals surface area contributed by atoms with E-state index in [1.54, 1.807) is 24.3 Å². The Labute approximate surface area is 132 Å². The first kappa shape index (κ1) is 17.4. The second kappa shape index (κ2) is 8.62. The molecule has 4 nitrogen and oxygen atoms in total. The van der Waals surface area contributed by atoms with Gasteiger partial charge in [0.2, 0.25) is 0 Å². The van der Waals surface area contributed by atoms with Crippen LogP contribution >= 0.6 is 12.2 Å². The SMILES string of the molecule is CCC(C)CC(C)NC(=O)COc1ccc(C(N)=S)cc1. The molecule has 0 saturated heterocycles. The summed E-state index contributed by atoms with van der Waals surface area (Å²) in [5, 5.41) is 2.94. The van der Waals surface area contributed by atoms with Crippen molar-refractivity contribution in [3.63, 3.8) is 0 Å². The van der Waals surface area contributed by atoms with Gasteiger partial charge in [0.15, 0.2) is 6.61 Å². The van der Waals surface area contributed by atoms with Crippen LogP contribution in [-0.2, 0) is 4.79 Å². The Kier molecular flexibility index (Phi) is 7.15. The molecule has 2 atom stereocenters. The highest BCUT2D eigenvalue weighted by Crippen LogP contribution is 2.12. The molecule has 1 amide bonds. The van der Waals surface area contributed by atoms with Crippen molar-refractivity contribution in [2.24, 2.45) is 11.7 Å². The maximum atomic E-state index is 11.8. The summed E-state index contributed by atoms with van der Waals surface area (Å²) in [6.45, 7) is 6.36. The lowest BCUT2D eigenvalue weighted by Gasteiger charge is -2.17. The third kappa shape index (κ3) is 6.58. The molecule has 0 bridgehead atoms. The van der Waals surface area contributed by atoms with Crippen molar-refractivity contribution in [2.75, 3.05) is 6.61 Å². The molecule has 116 valence electrons. The normalized spacial score (nSPS) is 13.3. The van der Waals surface area contributed by atoms with E-state index < -0.39 is 0 Å². The van der Waals surface area contributed by atoms with E-state index >= 15 is 0 Å². The number of amides is 1. The lowest BCUT2D eigenvalue weighted by atomic mass is 10.0. The lowest BCUT2D eigenvalue weighted by Crippen LogP contribution is -2.37. The van der Waals surface area contributed by atoms with Crippen LogP contribution in [0.15, 0.2) is 24.3 Å². The number of hydrogen-bond donors (Lipinski definition) is 2. The van der Waals surface area contributed by atoms with Crippen LogP contribution in [0.1, 0.15) is 39.2 Å². The molecule has 1 rings (SSSR count). The third-order valence-electron chi connectivity index (χ3n) is 3.37. The summed E-state index contributed by atoms with van der Waals surface area (Å²) in [6.07, 6.45) is 2.09. The molecule has 0 saturated carbocycles. The van der Waals surface area contributed by atoms with Crippen molar-refractivity contribution < 1.29 is 9.53 Å². The number of benzene rings is 1. The van der Waals surface area contributed by atoms with Gasteiger partial charge >= 0.3 is 0 Å². The summed E-state index contributed by atoms with van der Waals surface area (Å²) in [5.41, 5.74) is 6.30. The van der Waals surface area contributed by atoms with Gasteiger partial charge in [-0.3, -0.25) is 4.79 Å². The van der Waals surface area contributed by atoms with Crippen LogP contribution in [0.3, 0.4) is 0 Å². The molecular weight excluding hydrogens is 284 g/mol. The highest BCUT2D eigenvalue weighted by Gasteiger charge is 2.11. The summed E-state index contributed by atoms with van der Waals surface area (Å²) in [5.74, 6) is 1.12. The van der Waals surface area contributed by atoms with Gasteiger partial charge in [-0.2, -0.15) is 0 Å². The average Bonchev–Trinajstić information content (AvgIpc) is 2.45. The van der Waals surface area contributed by atoms with Gasteiger partial charge in [-0.05, 0) is 43.5 Å². The predicted octanol–water partition coefficient (Wildman–Crippen LogP) is 2.64. The molecule has 2 unspecified atom stereocenters. The van der Waals surface area contributed by atoms with Gasteiger partial charge in [-0.1, -0.05) is 32.5 Å². The second-order valence-corrected chi connectivity index (χ2v) is 5.83. The number of nitrogens with one attached hydrogen (secondary N) is 1. The van der Waals surface area contributed by atoms with Gasteiger partial charge < -0.3 is 15.8 Å². The minimum atomic E-state index is -0.107. The first-order valence-corrected chi connectivity index (χ1v) is 7.65. The van der Waals surface area contributed by atoms with E-state index in [1.807, 2.05) is 6.92 Å². The molecule has 1 aromatic rings. The smallest absolute Gasteiger partial charge is 0.258 e. The maximum Gasteiger partial charge on any atom is 0.258 e. The van der Waals surface area contributed by atoms with Gasteiger partial charge in [0, 0.05) is 11.6 Å². The number of ether oxygens (including phenoxy) is 1. The Hall–Kier alpha value is -1.62. The second-order valence-electron chi connectivity index (χ2n) is 5.39. The highest BCUT2D eigenvalue weighted by atomic mass is 32.1. The van der Waals surface area contributed by atoms with E-state index in [-0.39, 0.29) is 18.6 Å². The highest BCUT2D eigenvalue weighted by molar-refractivity contribution is 7.80. The molecule has 1 aromatic carbocycles. The molecule has 0 aromatic heterocycles. The van der Waals surface area contributed by atoms with Gasteiger partial charge in [0.1, 0.15) is 10.7 Å². The topological polar surface area (TPSA) is 64.3 Å². The van der Waals surface area contributed by atoms with Crippen LogP contribution in [0.2, 0.25) is 0 Å². The van der Waals surface area contributed by atoms with Crippen molar-refractivity contribution in [3.8, 4) is 5.75 Å². The van der Waals surface area contributed by atoms with Crippen LogP contribution in [0, 0.1) is 5.92 Å². The Morgan fingerprint density at radius 1 is 1.33 bits per heavy atom. The first-order valence-electron chi connectivity index (χ1n) is 7.24. The van der Waals surface area contributed by atoms with Gasteiger partial charge in [0.25, 0.3) is 5.91 Å². The quantitative estimate of drug-likeness (QED) is 0.725. The number of carbonyl (C=O) groups is 1. The predicted molar refractivity (Wildman–Crippen MR) is 89.5 cm³/mol. The van der Waals surface area contributed by atoms with Gasteiger partial charge in [0.05, 0.1) is 0 Å². The van der Waals surface area contributed by atoms with E-state index in [4.69, 9.17) is 22.7 Å². The van der Waals surface area contributed by atoms with E-state index in [2.05, 4.69) is 19.2 Å². The minimum Gasteiger partial charge on any atom is -0.484 e. The number of thiocarbonyl (C=S) groups is 1. The Bertz CT molecular complexity index is 474. The van der Waals surface area contributed by atoms with E-state index in [1.165, 1.54) is 0 Å².